The second-order valence-electron chi connectivity index (χ2n) is 7.80. The summed E-state index contributed by atoms with van der Waals surface area (Å²) in [6.07, 6.45) is 0. The first kappa shape index (κ1) is 16.8. The molecule has 0 unspecified atom stereocenters. The number of nitrogens with zero attached hydrogens (tertiary/aromatic N) is 3. The fourth-order valence-electron chi connectivity index (χ4n) is 4.10. The highest BCUT2D eigenvalue weighted by atomic mass is 32.1. The van der Waals surface area contributed by atoms with Crippen molar-refractivity contribution in [2.75, 3.05) is 19.6 Å². The van der Waals surface area contributed by atoms with E-state index in [9.17, 15) is 0 Å². The van der Waals surface area contributed by atoms with Gasteiger partial charge in [-0.05, 0) is 46.2 Å². The largest absolute Gasteiger partial charge is 0.298 e. The molecule has 2 aliphatic rings. The standard InChI is InChI=1S/C23H23N3S/c1-15-9-22(27-14-15)21-10-24-23(25-21)20-8-7-17(13-26-11-16(2)12-26)18-5-3-4-6-19(18)20/h3-9,14,16H,10-13H2,1-2H3. The summed E-state index contributed by atoms with van der Waals surface area (Å²) in [6, 6.07) is 15.4. The van der Waals surface area contributed by atoms with Gasteiger partial charge in [0.25, 0.3) is 0 Å². The highest BCUT2D eigenvalue weighted by Crippen LogP contribution is 2.28. The molecule has 1 aromatic heterocycles. The van der Waals surface area contributed by atoms with E-state index < -0.39 is 0 Å². The zero-order chi connectivity index (χ0) is 18.4. The molecule has 27 heavy (non-hydrogen) atoms. The maximum atomic E-state index is 4.89. The van der Waals surface area contributed by atoms with Gasteiger partial charge in [0.05, 0.1) is 17.1 Å². The zero-order valence-corrected chi connectivity index (χ0v) is 16.6. The van der Waals surface area contributed by atoms with Crippen LogP contribution in [-0.4, -0.2) is 36.1 Å². The number of thiophene rings is 1. The first-order valence-electron chi connectivity index (χ1n) is 9.58. The van der Waals surface area contributed by atoms with E-state index in [-0.39, 0.29) is 0 Å². The summed E-state index contributed by atoms with van der Waals surface area (Å²) in [4.78, 5) is 13.4. The number of aryl methyl sites for hydroxylation is 1. The van der Waals surface area contributed by atoms with Crippen LogP contribution in [0.1, 0.15) is 28.5 Å². The molecule has 3 heterocycles. The summed E-state index contributed by atoms with van der Waals surface area (Å²) in [5.74, 6) is 1.70. The van der Waals surface area contributed by atoms with Gasteiger partial charge in [-0.25, -0.2) is 4.99 Å². The predicted octanol–water partition coefficient (Wildman–Crippen LogP) is 4.91. The van der Waals surface area contributed by atoms with Crippen molar-refractivity contribution < 1.29 is 0 Å². The highest BCUT2D eigenvalue weighted by Gasteiger charge is 2.23. The van der Waals surface area contributed by atoms with Crippen LogP contribution in [0.4, 0.5) is 0 Å². The van der Waals surface area contributed by atoms with Crippen LogP contribution in [0.15, 0.2) is 57.8 Å². The minimum atomic E-state index is 0.678. The Labute approximate surface area is 164 Å². The molecule has 0 N–H and O–H groups in total. The van der Waals surface area contributed by atoms with Crippen LogP contribution in [0.25, 0.3) is 10.8 Å². The number of rotatable bonds is 4. The SMILES string of the molecule is Cc1csc(C2=NC(c3ccc(CN4CC(C)C4)c4ccccc34)=NC2)c1. The molecule has 3 aromatic rings. The number of likely N-dealkylation sites (tertiary alicyclic amines) is 1. The van der Waals surface area contributed by atoms with Crippen molar-refractivity contribution in [1.29, 1.82) is 0 Å². The number of benzene rings is 2. The Morgan fingerprint density at radius 2 is 1.93 bits per heavy atom. The lowest BCUT2D eigenvalue weighted by molar-refractivity contribution is 0.105. The molecule has 1 saturated heterocycles. The number of hydrogen-bond donors (Lipinski definition) is 0. The summed E-state index contributed by atoms with van der Waals surface area (Å²) in [7, 11) is 0. The van der Waals surface area contributed by atoms with Gasteiger partial charge in [-0.15, -0.1) is 11.3 Å². The first-order chi connectivity index (χ1) is 13.2. The van der Waals surface area contributed by atoms with Gasteiger partial charge in [0, 0.05) is 25.2 Å². The third-order valence-electron chi connectivity index (χ3n) is 5.42. The molecule has 1 fully saturated rings. The van der Waals surface area contributed by atoms with Gasteiger partial charge in [0.2, 0.25) is 0 Å². The van der Waals surface area contributed by atoms with Crippen molar-refractivity contribution in [1.82, 2.24) is 4.90 Å². The van der Waals surface area contributed by atoms with Crippen LogP contribution in [-0.2, 0) is 6.54 Å². The number of hydrogen-bond acceptors (Lipinski definition) is 4. The second kappa shape index (κ2) is 6.70. The molecule has 0 spiro atoms. The molecule has 136 valence electrons. The Balaban J connectivity index is 1.50. The Morgan fingerprint density at radius 1 is 1.11 bits per heavy atom. The van der Waals surface area contributed by atoms with E-state index in [1.807, 2.05) is 0 Å². The van der Waals surface area contributed by atoms with Gasteiger partial charge >= 0.3 is 0 Å². The lowest BCUT2D eigenvalue weighted by Gasteiger charge is -2.37. The normalized spacial score (nSPS) is 17.9. The zero-order valence-electron chi connectivity index (χ0n) is 15.8. The molecule has 0 saturated carbocycles. The number of aliphatic imine (C=N–C) groups is 2. The Morgan fingerprint density at radius 3 is 2.67 bits per heavy atom. The minimum absolute atomic E-state index is 0.678. The van der Waals surface area contributed by atoms with E-state index in [2.05, 4.69) is 66.6 Å². The van der Waals surface area contributed by atoms with Crippen LogP contribution < -0.4 is 0 Å². The number of amidine groups is 1. The van der Waals surface area contributed by atoms with Crippen LogP contribution in [0, 0.1) is 12.8 Å². The van der Waals surface area contributed by atoms with E-state index >= 15 is 0 Å². The van der Waals surface area contributed by atoms with Gasteiger partial charge in [-0.1, -0.05) is 43.3 Å². The van der Waals surface area contributed by atoms with Crippen molar-refractivity contribution in [2.45, 2.75) is 20.4 Å². The molecule has 0 amide bonds. The monoisotopic (exact) mass is 373 g/mol. The van der Waals surface area contributed by atoms with Crippen LogP contribution in [0.5, 0.6) is 0 Å². The summed E-state index contributed by atoms with van der Waals surface area (Å²) < 4.78 is 0. The van der Waals surface area contributed by atoms with Gasteiger partial charge in [-0.3, -0.25) is 9.89 Å². The molecular weight excluding hydrogens is 350 g/mol. The van der Waals surface area contributed by atoms with E-state index in [4.69, 9.17) is 9.98 Å². The molecule has 0 bridgehead atoms. The van der Waals surface area contributed by atoms with Crippen molar-refractivity contribution in [3.8, 4) is 0 Å². The molecule has 3 nitrogen and oxygen atoms in total. The molecule has 0 radical (unpaired) electrons. The van der Waals surface area contributed by atoms with Crippen molar-refractivity contribution in [2.24, 2.45) is 15.9 Å². The molecule has 0 atom stereocenters. The molecule has 2 aromatic carbocycles. The van der Waals surface area contributed by atoms with Crippen molar-refractivity contribution in [3.05, 3.63) is 69.4 Å². The molecule has 0 aliphatic carbocycles. The quantitative estimate of drug-likeness (QED) is 0.638. The topological polar surface area (TPSA) is 28.0 Å². The van der Waals surface area contributed by atoms with E-state index in [0.29, 0.717) is 6.54 Å². The third-order valence-corrected chi connectivity index (χ3v) is 6.52. The molecule has 2 aliphatic heterocycles. The average Bonchev–Trinajstić information content (AvgIpc) is 3.29. The van der Waals surface area contributed by atoms with Gasteiger partial charge in [0.15, 0.2) is 5.84 Å². The van der Waals surface area contributed by atoms with Gasteiger partial charge in [0.1, 0.15) is 0 Å². The Hall–Kier alpha value is -2.30. The van der Waals surface area contributed by atoms with Crippen LogP contribution >= 0.6 is 11.3 Å². The highest BCUT2D eigenvalue weighted by molar-refractivity contribution is 7.12. The summed E-state index contributed by atoms with van der Waals surface area (Å²) in [6.45, 7) is 8.56. The predicted molar refractivity (Wildman–Crippen MR) is 115 cm³/mol. The second-order valence-corrected chi connectivity index (χ2v) is 8.71. The average molecular weight is 374 g/mol. The van der Waals surface area contributed by atoms with Gasteiger partial charge in [-0.2, -0.15) is 0 Å². The molecule has 4 heteroatoms. The molecule has 5 rings (SSSR count). The Kier molecular flexibility index (Phi) is 4.18. The summed E-state index contributed by atoms with van der Waals surface area (Å²) in [5.41, 5.74) is 4.93. The third kappa shape index (κ3) is 3.13. The maximum Gasteiger partial charge on any atom is 0.155 e. The smallest absolute Gasteiger partial charge is 0.155 e. The lowest BCUT2D eigenvalue weighted by Crippen LogP contribution is -2.44. The van der Waals surface area contributed by atoms with Crippen LogP contribution in [0.3, 0.4) is 0 Å². The van der Waals surface area contributed by atoms with E-state index in [1.54, 1.807) is 11.3 Å². The lowest BCUT2D eigenvalue weighted by atomic mass is 9.96. The molecular formula is C23H23N3S. The minimum Gasteiger partial charge on any atom is -0.298 e. The summed E-state index contributed by atoms with van der Waals surface area (Å²) in [5, 5.41) is 4.76. The number of fused-ring (bicyclic) bond motifs is 1. The van der Waals surface area contributed by atoms with E-state index in [0.717, 1.165) is 29.6 Å². The fourth-order valence-corrected chi connectivity index (χ4v) is 4.98. The Bertz CT molecular complexity index is 1070. The van der Waals surface area contributed by atoms with Crippen molar-refractivity contribution in [3.63, 3.8) is 0 Å². The fraction of sp³-hybridized carbons (Fsp3) is 0.304. The van der Waals surface area contributed by atoms with Crippen molar-refractivity contribution >= 4 is 33.7 Å². The van der Waals surface area contributed by atoms with Crippen LogP contribution in [0.2, 0.25) is 0 Å². The maximum absolute atomic E-state index is 4.89. The van der Waals surface area contributed by atoms with E-state index in [1.165, 1.54) is 39.9 Å². The van der Waals surface area contributed by atoms with Gasteiger partial charge < -0.3 is 0 Å². The first-order valence-corrected chi connectivity index (χ1v) is 10.5. The summed E-state index contributed by atoms with van der Waals surface area (Å²) >= 11 is 1.76.